The zero-order valence-corrected chi connectivity index (χ0v) is 14.6. The molecule has 0 fully saturated rings. The van der Waals surface area contributed by atoms with Crippen LogP contribution in [-0.2, 0) is 16.6 Å². The van der Waals surface area contributed by atoms with Crippen LogP contribution in [0, 0.1) is 13.8 Å². The molecule has 1 amide bonds. The number of nitrogens with one attached hydrogen (secondary N) is 1. The van der Waals surface area contributed by atoms with Gasteiger partial charge in [0, 0.05) is 11.6 Å². The summed E-state index contributed by atoms with van der Waals surface area (Å²) in [6.07, 6.45) is 1.86. The average Bonchev–Trinajstić information content (AvgIpc) is 2.85. The average molecular weight is 314 g/mol. The van der Waals surface area contributed by atoms with Crippen molar-refractivity contribution in [2.45, 2.75) is 58.9 Å². The third-order valence-electron chi connectivity index (χ3n) is 4.31. The molecular weight excluding hydrogens is 288 g/mol. The lowest BCUT2D eigenvalue weighted by atomic mass is 9.82. The summed E-state index contributed by atoms with van der Waals surface area (Å²) in [7, 11) is 0. The monoisotopic (exact) mass is 314 g/mol. The Kier molecular flexibility index (Phi) is 5.24. The molecule has 1 atom stereocenters. The first-order valence-electron chi connectivity index (χ1n) is 8.10. The molecule has 23 heavy (non-hydrogen) atoms. The SMILES string of the molecule is Cc1noc(C)c1C(C)(C)C(=O)N[C@H](C)CCc1ccccc1. The van der Waals surface area contributed by atoms with E-state index in [0.717, 1.165) is 24.1 Å². The Balaban J connectivity index is 1.97. The van der Waals surface area contributed by atoms with Crippen molar-refractivity contribution in [3.63, 3.8) is 0 Å². The first-order valence-corrected chi connectivity index (χ1v) is 8.10. The smallest absolute Gasteiger partial charge is 0.230 e. The van der Waals surface area contributed by atoms with Gasteiger partial charge in [-0.2, -0.15) is 0 Å². The van der Waals surface area contributed by atoms with E-state index >= 15 is 0 Å². The van der Waals surface area contributed by atoms with Crippen molar-refractivity contribution in [3.05, 3.63) is 52.9 Å². The van der Waals surface area contributed by atoms with Gasteiger partial charge < -0.3 is 9.84 Å². The first kappa shape index (κ1) is 17.3. The maximum atomic E-state index is 12.7. The maximum absolute atomic E-state index is 12.7. The van der Waals surface area contributed by atoms with Gasteiger partial charge in [0.05, 0.1) is 11.1 Å². The predicted molar refractivity (Wildman–Crippen MR) is 91.4 cm³/mol. The van der Waals surface area contributed by atoms with E-state index in [2.05, 4.69) is 22.6 Å². The van der Waals surface area contributed by atoms with Crippen LogP contribution in [0.3, 0.4) is 0 Å². The molecule has 2 aromatic rings. The highest BCUT2D eigenvalue weighted by Gasteiger charge is 2.35. The van der Waals surface area contributed by atoms with Crippen LogP contribution >= 0.6 is 0 Å². The molecule has 0 bridgehead atoms. The Bertz CT molecular complexity index is 640. The van der Waals surface area contributed by atoms with E-state index in [0.29, 0.717) is 5.76 Å². The minimum absolute atomic E-state index is 0.00691. The summed E-state index contributed by atoms with van der Waals surface area (Å²) in [5.41, 5.74) is 2.29. The third-order valence-corrected chi connectivity index (χ3v) is 4.31. The van der Waals surface area contributed by atoms with E-state index in [1.807, 2.05) is 52.8 Å². The fourth-order valence-electron chi connectivity index (χ4n) is 2.99. The highest BCUT2D eigenvalue weighted by molar-refractivity contribution is 5.88. The molecule has 1 aromatic heterocycles. The molecule has 0 aliphatic rings. The largest absolute Gasteiger partial charge is 0.361 e. The highest BCUT2D eigenvalue weighted by Crippen LogP contribution is 2.29. The fraction of sp³-hybridized carbons (Fsp3) is 0.474. The molecule has 1 aromatic carbocycles. The van der Waals surface area contributed by atoms with Crippen molar-refractivity contribution < 1.29 is 9.32 Å². The Labute approximate surface area is 138 Å². The summed E-state index contributed by atoms with van der Waals surface area (Å²) in [5, 5.41) is 7.09. The van der Waals surface area contributed by atoms with Gasteiger partial charge >= 0.3 is 0 Å². The first-order chi connectivity index (χ1) is 10.8. The lowest BCUT2D eigenvalue weighted by Crippen LogP contribution is -2.44. The molecule has 4 heteroatoms. The standard InChI is InChI=1S/C19H26N2O2/c1-13(11-12-16-9-7-6-8-10-16)20-18(22)19(4,5)17-14(2)21-23-15(17)3/h6-10,13H,11-12H2,1-5H3,(H,20,22)/t13-/m1/s1. The number of carbonyl (C=O) groups is 1. The Hall–Kier alpha value is -2.10. The molecule has 0 radical (unpaired) electrons. The lowest BCUT2D eigenvalue weighted by molar-refractivity contribution is -0.126. The number of aromatic nitrogens is 1. The van der Waals surface area contributed by atoms with Crippen LogP contribution in [0.4, 0.5) is 0 Å². The normalized spacial score (nSPS) is 12.9. The van der Waals surface area contributed by atoms with Crippen molar-refractivity contribution in [1.82, 2.24) is 10.5 Å². The van der Waals surface area contributed by atoms with Crippen LogP contribution < -0.4 is 5.32 Å². The molecule has 2 rings (SSSR count). The Morgan fingerprint density at radius 1 is 1.26 bits per heavy atom. The molecule has 1 heterocycles. The number of nitrogens with zero attached hydrogens (tertiary/aromatic N) is 1. The van der Waals surface area contributed by atoms with Crippen LogP contribution in [0.25, 0.3) is 0 Å². The minimum Gasteiger partial charge on any atom is -0.361 e. The van der Waals surface area contributed by atoms with Gasteiger partial charge in [-0.25, -0.2) is 0 Å². The van der Waals surface area contributed by atoms with Crippen molar-refractivity contribution >= 4 is 5.91 Å². The van der Waals surface area contributed by atoms with E-state index in [4.69, 9.17) is 4.52 Å². The van der Waals surface area contributed by atoms with Crippen LogP contribution in [0.15, 0.2) is 34.9 Å². The molecule has 0 spiro atoms. The summed E-state index contributed by atoms with van der Waals surface area (Å²) in [6, 6.07) is 10.4. The number of amides is 1. The van der Waals surface area contributed by atoms with E-state index in [9.17, 15) is 4.79 Å². The van der Waals surface area contributed by atoms with Gasteiger partial charge in [-0.3, -0.25) is 4.79 Å². The van der Waals surface area contributed by atoms with Gasteiger partial charge in [-0.05, 0) is 53.0 Å². The van der Waals surface area contributed by atoms with Crippen LogP contribution in [0.5, 0.6) is 0 Å². The molecule has 0 unspecified atom stereocenters. The lowest BCUT2D eigenvalue weighted by Gasteiger charge is -2.26. The maximum Gasteiger partial charge on any atom is 0.230 e. The molecular formula is C19H26N2O2. The summed E-state index contributed by atoms with van der Waals surface area (Å²) in [4.78, 5) is 12.7. The number of carbonyl (C=O) groups excluding carboxylic acids is 1. The molecule has 0 saturated carbocycles. The van der Waals surface area contributed by atoms with Crippen molar-refractivity contribution in [2.24, 2.45) is 0 Å². The van der Waals surface area contributed by atoms with Gasteiger partial charge in [-0.15, -0.1) is 0 Å². The second kappa shape index (κ2) is 6.99. The molecule has 0 saturated heterocycles. The summed E-state index contributed by atoms with van der Waals surface area (Å²) >= 11 is 0. The summed E-state index contributed by atoms with van der Waals surface area (Å²) in [5.74, 6) is 0.715. The second-order valence-corrected chi connectivity index (χ2v) is 6.72. The van der Waals surface area contributed by atoms with Gasteiger partial charge in [0.25, 0.3) is 0 Å². The molecule has 124 valence electrons. The summed E-state index contributed by atoms with van der Waals surface area (Å²) in [6.45, 7) is 9.60. The van der Waals surface area contributed by atoms with Crippen molar-refractivity contribution in [3.8, 4) is 0 Å². The number of hydrogen-bond acceptors (Lipinski definition) is 3. The van der Waals surface area contributed by atoms with E-state index < -0.39 is 5.41 Å². The Morgan fingerprint density at radius 2 is 1.91 bits per heavy atom. The predicted octanol–water partition coefficient (Wildman–Crippen LogP) is 3.71. The zero-order valence-electron chi connectivity index (χ0n) is 14.6. The van der Waals surface area contributed by atoms with Crippen LogP contribution in [0.2, 0.25) is 0 Å². The third kappa shape index (κ3) is 4.01. The Morgan fingerprint density at radius 3 is 2.48 bits per heavy atom. The van der Waals surface area contributed by atoms with Crippen LogP contribution in [0.1, 0.15) is 49.8 Å². The minimum atomic E-state index is -0.658. The van der Waals surface area contributed by atoms with Crippen molar-refractivity contribution in [1.29, 1.82) is 0 Å². The number of hydrogen-bond donors (Lipinski definition) is 1. The number of rotatable bonds is 6. The topological polar surface area (TPSA) is 55.1 Å². The van der Waals surface area contributed by atoms with E-state index in [1.54, 1.807) is 0 Å². The van der Waals surface area contributed by atoms with E-state index in [1.165, 1.54) is 5.56 Å². The van der Waals surface area contributed by atoms with Gasteiger partial charge in [-0.1, -0.05) is 35.5 Å². The molecule has 4 nitrogen and oxygen atoms in total. The quantitative estimate of drug-likeness (QED) is 0.884. The number of aryl methyl sites for hydroxylation is 3. The van der Waals surface area contributed by atoms with Crippen molar-refractivity contribution in [2.75, 3.05) is 0 Å². The van der Waals surface area contributed by atoms with E-state index in [-0.39, 0.29) is 11.9 Å². The number of benzene rings is 1. The fourth-order valence-corrected chi connectivity index (χ4v) is 2.99. The van der Waals surface area contributed by atoms with Crippen LogP contribution in [-0.4, -0.2) is 17.1 Å². The van der Waals surface area contributed by atoms with Gasteiger partial charge in [0.2, 0.25) is 5.91 Å². The highest BCUT2D eigenvalue weighted by atomic mass is 16.5. The second-order valence-electron chi connectivity index (χ2n) is 6.72. The molecule has 0 aliphatic heterocycles. The molecule has 1 N–H and O–H groups in total. The molecule has 0 aliphatic carbocycles. The van der Waals surface area contributed by atoms with Gasteiger partial charge in [0.1, 0.15) is 5.76 Å². The zero-order chi connectivity index (χ0) is 17.0. The van der Waals surface area contributed by atoms with Gasteiger partial charge in [0.15, 0.2) is 0 Å². The summed E-state index contributed by atoms with van der Waals surface area (Å²) < 4.78 is 5.21.